The van der Waals surface area contributed by atoms with Gasteiger partial charge in [0.1, 0.15) is 11.5 Å². The Kier molecular flexibility index (Phi) is 4.69. The van der Waals surface area contributed by atoms with E-state index in [0.717, 1.165) is 15.8 Å². The van der Waals surface area contributed by atoms with Crippen LogP contribution in [0.2, 0.25) is 0 Å². The van der Waals surface area contributed by atoms with Crippen LogP contribution < -0.4 is 4.74 Å². The Morgan fingerprint density at radius 1 is 1.17 bits per heavy atom. The van der Waals surface area contributed by atoms with Gasteiger partial charge in [-0.05, 0) is 48.7 Å². The highest BCUT2D eigenvalue weighted by molar-refractivity contribution is 9.10. The molecule has 0 heterocycles. The molecule has 0 aromatic heterocycles. The van der Waals surface area contributed by atoms with Gasteiger partial charge in [0.05, 0.1) is 6.61 Å². The lowest BCUT2D eigenvalue weighted by atomic mass is 10.2. The van der Waals surface area contributed by atoms with Gasteiger partial charge in [0.15, 0.2) is 0 Å². The summed E-state index contributed by atoms with van der Waals surface area (Å²) in [6.07, 6.45) is 2.04. The van der Waals surface area contributed by atoms with Crippen LogP contribution in [0.15, 0.2) is 51.8 Å². The van der Waals surface area contributed by atoms with E-state index in [-0.39, 0.29) is 6.61 Å². The van der Waals surface area contributed by atoms with Crippen molar-refractivity contribution in [3.63, 3.8) is 0 Å². The third kappa shape index (κ3) is 3.28. The molecule has 1 N–H and O–H groups in total. The second-order valence-electron chi connectivity index (χ2n) is 3.69. The Labute approximate surface area is 119 Å². The number of benzene rings is 2. The maximum absolute atomic E-state index is 9.30. The van der Waals surface area contributed by atoms with Gasteiger partial charge in [-0.2, -0.15) is 0 Å². The third-order valence-electron chi connectivity index (χ3n) is 2.48. The molecule has 0 atom stereocenters. The minimum Gasteiger partial charge on any atom is -0.457 e. The van der Waals surface area contributed by atoms with Gasteiger partial charge in [0.25, 0.3) is 0 Å². The Balaban J connectivity index is 2.22. The van der Waals surface area contributed by atoms with Gasteiger partial charge in [0, 0.05) is 14.9 Å². The van der Waals surface area contributed by atoms with Gasteiger partial charge >= 0.3 is 0 Å². The van der Waals surface area contributed by atoms with Crippen molar-refractivity contribution >= 4 is 27.7 Å². The van der Waals surface area contributed by atoms with Gasteiger partial charge < -0.3 is 9.84 Å². The zero-order valence-electron chi connectivity index (χ0n) is 9.89. The first-order chi connectivity index (χ1) is 8.72. The topological polar surface area (TPSA) is 29.5 Å². The molecule has 0 aliphatic heterocycles. The number of hydrogen-bond acceptors (Lipinski definition) is 3. The Hall–Kier alpha value is -0.970. The van der Waals surface area contributed by atoms with Crippen molar-refractivity contribution in [2.24, 2.45) is 0 Å². The summed E-state index contributed by atoms with van der Waals surface area (Å²) in [5.41, 5.74) is 0.762. The zero-order chi connectivity index (χ0) is 13.0. The number of aliphatic hydroxyl groups excluding tert-OH is 1. The predicted octanol–water partition coefficient (Wildman–Crippen LogP) is 4.46. The predicted molar refractivity (Wildman–Crippen MR) is 78.4 cm³/mol. The van der Waals surface area contributed by atoms with Crippen molar-refractivity contribution in [2.75, 3.05) is 6.26 Å². The Morgan fingerprint density at radius 2 is 1.89 bits per heavy atom. The Bertz CT molecular complexity index is 526. The highest BCUT2D eigenvalue weighted by Crippen LogP contribution is 2.29. The lowest BCUT2D eigenvalue weighted by Crippen LogP contribution is -1.91. The fraction of sp³-hybridized carbons (Fsp3) is 0.143. The van der Waals surface area contributed by atoms with E-state index in [1.165, 1.54) is 4.90 Å². The summed E-state index contributed by atoms with van der Waals surface area (Å²) in [6, 6.07) is 13.5. The fourth-order valence-electron chi connectivity index (χ4n) is 1.54. The average molecular weight is 325 g/mol. The maximum Gasteiger partial charge on any atom is 0.133 e. The van der Waals surface area contributed by atoms with Gasteiger partial charge in [0.2, 0.25) is 0 Å². The minimum atomic E-state index is -0.0440. The van der Waals surface area contributed by atoms with Crippen LogP contribution in [0.4, 0.5) is 0 Å². The maximum atomic E-state index is 9.30. The molecule has 2 aromatic carbocycles. The van der Waals surface area contributed by atoms with Crippen molar-refractivity contribution in [3.8, 4) is 11.5 Å². The average Bonchev–Trinajstić information content (AvgIpc) is 2.41. The lowest BCUT2D eigenvalue weighted by molar-refractivity contribution is 0.276. The normalized spacial score (nSPS) is 10.4. The van der Waals surface area contributed by atoms with Crippen LogP contribution in [0.5, 0.6) is 11.5 Å². The minimum absolute atomic E-state index is 0.0440. The SMILES string of the molecule is CSc1ccc(Oc2ccc(Br)cc2CO)cc1. The fourth-order valence-corrected chi connectivity index (χ4v) is 2.36. The molecule has 0 saturated carbocycles. The summed E-state index contributed by atoms with van der Waals surface area (Å²) >= 11 is 5.06. The van der Waals surface area contributed by atoms with E-state index in [0.29, 0.717) is 5.75 Å². The summed E-state index contributed by atoms with van der Waals surface area (Å²) in [6.45, 7) is -0.0440. The molecule has 2 rings (SSSR count). The second-order valence-corrected chi connectivity index (χ2v) is 5.48. The molecule has 0 spiro atoms. The first-order valence-corrected chi connectivity index (χ1v) is 7.46. The molecule has 18 heavy (non-hydrogen) atoms. The second kappa shape index (κ2) is 6.27. The number of ether oxygens (including phenoxy) is 1. The number of halogens is 1. The first-order valence-electron chi connectivity index (χ1n) is 5.44. The van der Waals surface area contributed by atoms with Gasteiger partial charge in [-0.25, -0.2) is 0 Å². The molecule has 0 bridgehead atoms. The monoisotopic (exact) mass is 324 g/mol. The van der Waals surface area contributed by atoms with Crippen LogP contribution in [0, 0.1) is 0 Å². The van der Waals surface area contributed by atoms with Crippen molar-refractivity contribution in [1.29, 1.82) is 0 Å². The molecule has 0 unspecified atom stereocenters. The lowest BCUT2D eigenvalue weighted by Gasteiger charge is -2.10. The molecule has 2 nitrogen and oxygen atoms in total. The molecule has 0 radical (unpaired) electrons. The summed E-state index contributed by atoms with van der Waals surface area (Å²) < 4.78 is 6.69. The van der Waals surface area contributed by atoms with Crippen molar-refractivity contribution in [3.05, 3.63) is 52.5 Å². The zero-order valence-corrected chi connectivity index (χ0v) is 12.3. The van der Waals surface area contributed by atoms with Crippen molar-refractivity contribution < 1.29 is 9.84 Å². The number of hydrogen-bond donors (Lipinski definition) is 1. The van der Waals surface area contributed by atoms with Crippen LogP contribution in [-0.2, 0) is 6.61 Å². The summed E-state index contributed by atoms with van der Waals surface area (Å²) in [7, 11) is 0. The highest BCUT2D eigenvalue weighted by atomic mass is 79.9. The smallest absolute Gasteiger partial charge is 0.133 e. The van der Waals surface area contributed by atoms with E-state index in [1.807, 2.05) is 48.7 Å². The van der Waals surface area contributed by atoms with Crippen LogP contribution >= 0.6 is 27.7 Å². The summed E-state index contributed by atoms with van der Waals surface area (Å²) in [5, 5.41) is 9.30. The molecule has 94 valence electrons. The van der Waals surface area contributed by atoms with Gasteiger partial charge in [-0.3, -0.25) is 0 Å². The molecule has 0 saturated heterocycles. The molecule has 0 fully saturated rings. The van der Waals surface area contributed by atoms with E-state index in [9.17, 15) is 5.11 Å². The highest BCUT2D eigenvalue weighted by Gasteiger charge is 2.05. The van der Waals surface area contributed by atoms with Crippen LogP contribution in [0.25, 0.3) is 0 Å². The molecule has 0 aliphatic rings. The van der Waals surface area contributed by atoms with Crippen LogP contribution in [-0.4, -0.2) is 11.4 Å². The van der Waals surface area contributed by atoms with Crippen LogP contribution in [0.1, 0.15) is 5.56 Å². The van der Waals surface area contributed by atoms with Gasteiger partial charge in [-0.1, -0.05) is 15.9 Å². The van der Waals surface area contributed by atoms with E-state index >= 15 is 0 Å². The molecular formula is C14H13BrO2S. The Morgan fingerprint density at radius 3 is 2.50 bits per heavy atom. The van der Waals surface area contributed by atoms with Gasteiger partial charge in [-0.15, -0.1) is 11.8 Å². The molecule has 4 heteroatoms. The largest absolute Gasteiger partial charge is 0.457 e. The number of rotatable bonds is 4. The number of aliphatic hydroxyl groups is 1. The molecule has 0 aliphatic carbocycles. The molecular weight excluding hydrogens is 312 g/mol. The molecule has 0 amide bonds. The first kappa shape index (κ1) is 13.5. The van der Waals surface area contributed by atoms with E-state index < -0.39 is 0 Å². The van der Waals surface area contributed by atoms with Crippen LogP contribution in [0.3, 0.4) is 0 Å². The quantitative estimate of drug-likeness (QED) is 0.842. The van der Waals surface area contributed by atoms with Crippen molar-refractivity contribution in [1.82, 2.24) is 0 Å². The molecule has 2 aromatic rings. The van der Waals surface area contributed by atoms with Crippen molar-refractivity contribution in [2.45, 2.75) is 11.5 Å². The van der Waals surface area contributed by atoms with E-state index in [2.05, 4.69) is 15.9 Å². The summed E-state index contributed by atoms with van der Waals surface area (Å²) in [4.78, 5) is 1.19. The third-order valence-corrected chi connectivity index (χ3v) is 3.72. The summed E-state index contributed by atoms with van der Waals surface area (Å²) in [5.74, 6) is 1.45. The standard InChI is InChI=1S/C14H13BrO2S/c1-18-13-5-3-12(4-6-13)17-14-7-2-11(15)8-10(14)9-16/h2-8,16H,9H2,1H3. The van der Waals surface area contributed by atoms with E-state index in [4.69, 9.17) is 4.74 Å². The van der Waals surface area contributed by atoms with E-state index in [1.54, 1.807) is 11.8 Å². The number of thioether (sulfide) groups is 1.